The number of nitrogens with zero attached hydrogens (tertiary/aromatic N) is 2. The maximum absolute atomic E-state index is 12.3. The summed E-state index contributed by atoms with van der Waals surface area (Å²) in [6, 6.07) is 0. The van der Waals surface area contributed by atoms with E-state index in [-0.39, 0.29) is 85.6 Å². The lowest BCUT2D eigenvalue weighted by Gasteiger charge is -2.25. The minimum absolute atomic E-state index is 0.137. The van der Waals surface area contributed by atoms with Gasteiger partial charge in [0.15, 0.2) is 0 Å². The second kappa shape index (κ2) is 13.3. The predicted molar refractivity (Wildman–Crippen MR) is 173 cm³/mol. The van der Waals surface area contributed by atoms with Crippen molar-refractivity contribution in [2.24, 2.45) is 11.8 Å². The number of rotatable bonds is 9. The lowest BCUT2D eigenvalue weighted by atomic mass is 9.84. The van der Waals surface area contributed by atoms with Crippen LogP contribution in [0.2, 0.25) is 0 Å². The summed E-state index contributed by atoms with van der Waals surface area (Å²) >= 11 is 0. The molecule has 48 heavy (non-hydrogen) atoms. The quantitative estimate of drug-likeness (QED) is 0.109. The van der Waals surface area contributed by atoms with Gasteiger partial charge < -0.3 is 39.0 Å². The Balaban J connectivity index is 1.02. The number of carbonyl (C=O) groups excluding carboxylic acids is 2. The smallest absolute Gasteiger partial charge is 0.407 e. The fourth-order valence-electron chi connectivity index (χ4n) is 8.11. The number of amides is 2. The molecule has 2 N–H and O–H groups in total. The van der Waals surface area contributed by atoms with Crippen LogP contribution in [0.3, 0.4) is 0 Å². The Hall–Kier alpha value is -3.64. The first-order valence-electron chi connectivity index (χ1n) is 17.3. The third-order valence-electron chi connectivity index (χ3n) is 11.3. The molecule has 12 heteroatoms. The first-order valence-corrected chi connectivity index (χ1v) is 17.3. The summed E-state index contributed by atoms with van der Waals surface area (Å²) in [5.41, 5.74) is 2.14. The minimum Gasteiger partial charge on any atom is -0.465 e. The Kier molecular flexibility index (Phi) is 9.52. The number of unbranched alkanes of at least 4 members (excludes halogenated alkanes) is 1. The van der Waals surface area contributed by atoms with Gasteiger partial charge >= 0.3 is 24.1 Å². The van der Waals surface area contributed by atoms with Crippen LogP contribution in [0.15, 0.2) is 47.6 Å². The largest absolute Gasteiger partial charge is 0.465 e. The van der Waals surface area contributed by atoms with Crippen molar-refractivity contribution in [1.82, 2.24) is 9.80 Å². The number of carboxylic acid groups (broad SMARTS) is 2. The van der Waals surface area contributed by atoms with Gasteiger partial charge in [0.2, 0.25) is 0 Å². The molecule has 0 spiro atoms. The molecule has 2 amide bonds. The van der Waals surface area contributed by atoms with Crippen molar-refractivity contribution in [2.45, 2.75) is 114 Å². The second-order valence-corrected chi connectivity index (χ2v) is 14.7. The monoisotopic (exact) mass is 668 g/mol. The molecule has 8 atom stereocenters. The van der Waals surface area contributed by atoms with Gasteiger partial charge in [-0.2, -0.15) is 0 Å². The van der Waals surface area contributed by atoms with E-state index in [1.54, 1.807) is 0 Å². The third-order valence-corrected chi connectivity index (χ3v) is 11.3. The van der Waals surface area contributed by atoms with E-state index in [9.17, 15) is 29.4 Å². The van der Waals surface area contributed by atoms with Crippen molar-refractivity contribution in [1.29, 1.82) is 0 Å². The van der Waals surface area contributed by atoms with Gasteiger partial charge in [0.25, 0.3) is 0 Å². The van der Waals surface area contributed by atoms with Crippen molar-refractivity contribution in [2.75, 3.05) is 26.2 Å². The Morgan fingerprint density at radius 1 is 0.771 bits per heavy atom. The van der Waals surface area contributed by atoms with Gasteiger partial charge in [0, 0.05) is 49.2 Å². The SMILES string of the molecule is C=C1C(=O)O[C@H]2[C@H]1CC/C(CN(CCCCN(C/C1=C/CC[C@@]3(C)O[C@H]3[C@H]3OC(=O)C(=C)[C@@H]3CC1)C(=O)O)C(=O)O)=C\CC[C@@]1(C)O[C@@H]21. The van der Waals surface area contributed by atoms with Crippen LogP contribution >= 0.6 is 0 Å². The Labute approximate surface area is 281 Å². The zero-order chi connectivity index (χ0) is 34.4. The highest BCUT2D eigenvalue weighted by Crippen LogP contribution is 2.51. The summed E-state index contributed by atoms with van der Waals surface area (Å²) < 4.78 is 23.2. The van der Waals surface area contributed by atoms with Crippen molar-refractivity contribution in [3.05, 3.63) is 47.6 Å². The van der Waals surface area contributed by atoms with Crippen molar-refractivity contribution in [3.8, 4) is 0 Å². The topological polar surface area (TPSA) is 159 Å². The summed E-state index contributed by atoms with van der Waals surface area (Å²) in [5, 5.41) is 20.1. The van der Waals surface area contributed by atoms with Crippen LogP contribution in [0.1, 0.15) is 78.1 Å². The van der Waals surface area contributed by atoms with Gasteiger partial charge in [-0.25, -0.2) is 19.2 Å². The lowest BCUT2D eigenvalue weighted by molar-refractivity contribution is -0.140. The molecule has 0 unspecified atom stereocenters. The number of fused-ring (bicyclic) bond motifs is 6. The van der Waals surface area contributed by atoms with Gasteiger partial charge in [-0.15, -0.1) is 0 Å². The predicted octanol–water partition coefficient (Wildman–Crippen LogP) is 5.24. The molecule has 12 nitrogen and oxygen atoms in total. The van der Waals surface area contributed by atoms with Crippen molar-refractivity contribution >= 4 is 24.1 Å². The molecule has 262 valence electrons. The summed E-state index contributed by atoms with van der Waals surface area (Å²) in [6.07, 6.45) is 7.61. The molecule has 0 radical (unpaired) electrons. The fraction of sp³-hybridized carbons (Fsp3) is 0.667. The molecule has 0 aromatic rings. The van der Waals surface area contributed by atoms with Crippen LogP contribution < -0.4 is 0 Å². The molecule has 4 heterocycles. The number of epoxide rings is 2. The van der Waals surface area contributed by atoms with Gasteiger partial charge in [-0.1, -0.05) is 36.5 Å². The number of ether oxygens (including phenoxy) is 4. The Bertz CT molecular complexity index is 1330. The molecule has 4 fully saturated rings. The summed E-state index contributed by atoms with van der Waals surface area (Å²) in [7, 11) is 0. The summed E-state index contributed by atoms with van der Waals surface area (Å²) in [6.45, 7) is 13.0. The molecule has 6 aliphatic rings. The van der Waals surface area contributed by atoms with Crippen LogP contribution in [0.4, 0.5) is 9.59 Å². The normalized spacial score (nSPS) is 38.0. The standard InChI is InChI=1S/C36H48N2O10/c1-21-25-13-11-23(9-7-15-35(3)29(47-35)27(25)45-31(21)39)19-37(33(41)42)17-5-6-18-38(34(43)44)20-24-10-8-16-36(4)30(48-36)28-26(14-12-24)22(2)32(40)46-28/h9-10,25-30H,1-2,5-8,11-20H2,3-4H3,(H,41,42)(H,43,44)/b23-9+,24-10+/t25-,26-,27-,28-,29-,30-,35+,36+/m0/s1. The Morgan fingerprint density at radius 2 is 1.17 bits per heavy atom. The van der Waals surface area contributed by atoms with Gasteiger partial charge in [-0.3, -0.25) is 0 Å². The van der Waals surface area contributed by atoms with E-state index in [2.05, 4.69) is 25.3 Å². The van der Waals surface area contributed by atoms with E-state index < -0.39 is 12.2 Å². The first kappa shape index (κ1) is 34.2. The first-order chi connectivity index (χ1) is 22.8. The highest BCUT2D eigenvalue weighted by molar-refractivity contribution is 5.91. The van der Waals surface area contributed by atoms with Gasteiger partial charge in [0.05, 0.1) is 11.2 Å². The maximum atomic E-state index is 12.3. The molecule has 0 saturated carbocycles. The second-order valence-electron chi connectivity index (χ2n) is 14.7. The number of hydrogen-bond acceptors (Lipinski definition) is 8. The van der Waals surface area contributed by atoms with Crippen LogP contribution in [-0.2, 0) is 28.5 Å². The highest BCUT2D eigenvalue weighted by Gasteiger charge is 2.62. The number of allylic oxidation sites excluding steroid dienone is 2. The lowest BCUT2D eigenvalue weighted by Crippen LogP contribution is -2.35. The van der Waals surface area contributed by atoms with E-state index in [4.69, 9.17) is 18.9 Å². The molecule has 4 aliphatic heterocycles. The molecule has 0 aromatic carbocycles. The molecule has 4 saturated heterocycles. The third kappa shape index (κ3) is 7.05. The average molecular weight is 669 g/mol. The van der Waals surface area contributed by atoms with E-state index in [1.165, 1.54) is 9.80 Å². The minimum atomic E-state index is -1.03. The van der Waals surface area contributed by atoms with Crippen molar-refractivity contribution < 1.29 is 48.3 Å². The van der Waals surface area contributed by atoms with E-state index in [0.29, 0.717) is 49.7 Å². The van der Waals surface area contributed by atoms with Crippen molar-refractivity contribution in [3.63, 3.8) is 0 Å². The van der Waals surface area contributed by atoms with E-state index >= 15 is 0 Å². The molecular formula is C36H48N2O10. The van der Waals surface area contributed by atoms with Crippen LogP contribution in [-0.4, -0.2) is 106 Å². The maximum Gasteiger partial charge on any atom is 0.407 e. The van der Waals surface area contributed by atoms with Gasteiger partial charge in [0.1, 0.15) is 24.4 Å². The van der Waals surface area contributed by atoms with E-state index in [0.717, 1.165) is 36.8 Å². The zero-order valence-corrected chi connectivity index (χ0v) is 28.0. The average Bonchev–Trinajstić information content (AvgIpc) is 3.84. The fourth-order valence-corrected chi connectivity index (χ4v) is 8.11. The molecule has 2 aliphatic carbocycles. The number of carbonyl (C=O) groups is 4. The Morgan fingerprint density at radius 3 is 1.54 bits per heavy atom. The highest BCUT2D eigenvalue weighted by atomic mass is 16.7. The summed E-state index contributed by atoms with van der Waals surface area (Å²) in [5.74, 6) is -1.09. The van der Waals surface area contributed by atoms with Gasteiger partial charge in [-0.05, 0) is 78.1 Å². The molecular weight excluding hydrogens is 620 g/mol. The van der Waals surface area contributed by atoms with Crippen LogP contribution in [0.25, 0.3) is 0 Å². The molecule has 0 bridgehead atoms. The molecule has 0 aromatic heterocycles. The van der Waals surface area contributed by atoms with E-state index in [1.807, 2.05) is 13.8 Å². The molecule has 6 rings (SSSR count). The number of esters is 2. The van der Waals surface area contributed by atoms with Crippen LogP contribution in [0.5, 0.6) is 0 Å². The summed E-state index contributed by atoms with van der Waals surface area (Å²) in [4.78, 5) is 51.9. The zero-order valence-electron chi connectivity index (χ0n) is 28.0. The van der Waals surface area contributed by atoms with Crippen LogP contribution in [0, 0.1) is 11.8 Å². The number of hydrogen-bond donors (Lipinski definition) is 2.